The van der Waals surface area contributed by atoms with Crippen molar-refractivity contribution in [3.63, 3.8) is 0 Å². The van der Waals surface area contributed by atoms with Crippen molar-refractivity contribution < 1.29 is 0 Å². The lowest BCUT2D eigenvalue weighted by Gasteiger charge is -2.16. The number of hydrogen-bond donors (Lipinski definition) is 0. The fourth-order valence-corrected chi connectivity index (χ4v) is 7.96. The Morgan fingerprint density at radius 3 is 1.20 bits per heavy atom. The molecule has 0 saturated heterocycles. The summed E-state index contributed by atoms with van der Waals surface area (Å²) in [5, 5.41) is 7.97. The van der Waals surface area contributed by atoms with Gasteiger partial charge in [0.1, 0.15) is 5.69 Å². The van der Waals surface area contributed by atoms with Gasteiger partial charge in [0.05, 0.1) is 11.2 Å². The second-order valence-electron chi connectivity index (χ2n) is 14.0. The SMILES string of the molecule is c1ccc(-c2cc(-c3ccccc3)cc(-c3nn4c(-c5ccccc5)cc5cc(-c6ccccc6)c(-c6ccccc6)cc5c4c3-c3ccccc3)c2)cc1. The van der Waals surface area contributed by atoms with Crippen LogP contribution in [0.1, 0.15) is 0 Å². The maximum Gasteiger partial charge on any atom is 0.101 e. The van der Waals surface area contributed by atoms with Crippen LogP contribution in [0.2, 0.25) is 0 Å². The Labute approximate surface area is 321 Å². The van der Waals surface area contributed by atoms with Crippen LogP contribution in [0.15, 0.2) is 218 Å². The normalized spacial score (nSPS) is 11.3. The Balaban J connectivity index is 1.36. The molecule has 0 spiro atoms. The van der Waals surface area contributed by atoms with Gasteiger partial charge in [0.2, 0.25) is 0 Å². The first-order valence-electron chi connectivity index (χ1n) is 18.8. The number of fused-ring (bicyclic) bond motifs is 3. The van der Waals surface area contributed by atoms with E-state index in [1.165, 1.54) is 33.4 Å². The molecule has 0 saturated carbocycles. The van der Waals surface area contributed by atoms with Gasteiger partial charge in [-0.3, -0.25) is 0 Å². The Morgan fingerprint density at radius 2 is 0.709 bits per heavy atom. The number of benzene rings is 8. The van der Waals surface area contributed by atoms with Gasteiger partial charge >= 0.3 is 0 Å². The largest absolute Gasteiger partial charge is 0.231 e. The second-order valence-corrected chi connectivity index (χ2v) is 14.0. The molecule has 10 rings (SSSR count). The molecule has 0 N–H and O–H groups in total. The van der Waals surface area contributed by atoms with Crippen LogP contribution < -0.4 is 0 Å². The number of rotatable bonds is 7. The lowest BCUT2D eigenvalue weighted by Crippen LogP contribution is -1.97. The summed E-state index contributed by atoms with van der Waals surface area (Å²) in [6, 6.07) is 78.3. The Hall–Kier alpha value is -7.29. The van der Waals surface area contributed by atoms with Crippen LogP contribution in [0.25, 0.3) is 94.4 Å². The van der Waals surface area contributed by atoms with Crippen molar-refractivity contribution in [3.05, 3.63) is 218 Å². The van der Waals surface area contributed by atoms with E-state index in [1.807, 2.05) is 0 Å². The number of aromatic nitrogens is 2. The molecule has 0 atom stereocenters. The molecular formula is C53H36N2. The van der Waals surface area contributed by atoms with E-state index in [2.05, 4.69) is 223 Å². The standard InChI is InChI=1S/C53H36N2/c1-7-19-37(20-8-1)43-31-44(38-21-9-2-10-22-38)33-46(32-43)52-51(42-29-17-6-18-30-42)53-49-36-48(40-25-13-4-14-26-40)47(39-23-11-3-12-24-39)34-45(49)35-50(55(53)54-52)41-27-15-5-16-28-41/h1-36H. The Morgan fingerprint density at radius 1 is 0.309 bits per heavy atom. The molecule has 2 heterocycles. The first kappa shape index (κ1) is 32.4. The van der Waals surface area contributed by atoms with Crippen LogP contribution in [0, 0.1) is 0 Å². The number of nitrogens with zero attached hydrogens (tertiary/aromatic N) is 2. The van der Waals surface area contributed by atoms with Crippen LogP contribution in [0.4, 0.5) is 0 Å². The van der Waals surface area contributed by atoms with Gasteiger partial charge in [-0.2, -0.15) is 5.10 Å². The molecule has 0 aliphatic carbocycles. The first-order chi connectivity index (χ1) is 27.3. The van der Waals surface area contributed by atoms with Gasteiger partial charge < -0.3 is 0 Å². The summed E-state index contributed by atoms with van der Waals surface area (Å²) in [5.41, 5.74) is 16.9. The first-order valence-corrected chi connectivity index (χ1v) is 18.8. The number of pyridine rings is 1. The summed E-state index contributed by atoms with van der Waals surface area (Å²) in [6.07, 6.45) is 0. The molecule has 2 aromatic heterocycles. The highest BCUT2D eigenvalue weighted by Gasteiger charge is 2.24. The summed E-state index contributed by atoms with van der Waals surface area (Å²) in [5.74, 6) is 0. The van der Waals surface area contributed by atoms with Gasteiger partial charge in [-0.05, 0) is 91.9 Å². The van der Waals surface area contributed by atoms with Crippen molar-refractivity contribution in [2.75, 3.05) is 0 Å². The smallest absolute Gasteiger partial charge is 0.101 e. The molecule has 0 amide bonds. The topological polar surface area (TPSA) is 17.3 Å². The van der Waals surface area contributed by atoms with Gasteiger partial charge in [-0.15, -0.1) is 0 Å². The van der Waals surface area contributed by atoms with Crippen molar-refractivity contribution in [1.29, 1.82) is 0 Å². The summed E-state index contributed by atoms with van der Waals surface area (Å²) in [7, 11) is 0. The van der Waals surface area contributed by atoms with E-state index in [4.69, 9.17) is 5.10 Å². The molecule has 2 heteroatoms. The van der Waals surface area contributed by atoms with E-state index in [-0.39, 0.29) is 0 Å². The minimum absolute atomic E-state index is 0.944. The molecular weight excluding hydrogens is 665 g/mol. The summed E-state index contributed by atoms with van der Waals surface area (Å²) in [4.78, 5) is 0. The lowest BCUT2D eigenvalue weighted by molar-refractivity contribution is 0.980. The van der Waals surface area contributed by atoms with Gasteiger partial charge in [0, 0.05) is 22.1 Å². The minimum atomic E-state index is 0.944. The molecule has 0 radical (unpaired) electrons. The molecule has 10 aromatic rings. The monoisotopic (exact) mass is 700 g/mol. The van der Waals surface area contributed by atoms with E-state index in [0.717, 1.165) is 61.1 Å². The zero-order valence-corrected chi connectivity index (χ0v) is 30.2. The summed E-state index contributed by atoms with van der Waals surface area (Å²) < 4.78 is 2.20. The van der Waals surface area contributed by atoms with Crippen LogP contribution in [-0.2, 0) is 0 Å². The van der Waals surface area contributed by atoms with Gasteiger partial charge in [0.25, 0.3) is 0 Å². The maximum absolute atomic E-state index is 5.65. The lowest BCUT2D eigenvalue weighted by atomic mass is 9.89. The Kier molecular flexibility index (Phi) is 8.20. The van der Waals surface area contributed by atoms with Gasteiger partial charge in [-0.25, -0.2) is 4.52 Å². The van der Waals surface area contributed by atoms with Crippen LogP contribution >= 0.6 is 0 Å². The Bertz CT molecular complexity index is 2860. The highest BCUT2D eigenvalue weighted by atomic mass is 15.2. The van der Waals surface area contributed by atoms with Crippen LogP contribution in [0.5, 0.6) is 0 Å². The van der Waals surface area contributed by atoms with E-state index < -0.39 is 0 Å². The zero-order valence-electron chi connectivity index (χ0n) is 30.2. The van der Waals surface area contributed by atoms with E-state index in [9.17, 15) is 0 Å². The molecule has 2 nitrogen and oxygen atoms in total. The van der Waals surface area contributed by atoms with Crippen molar-refractivity contribution in [3.8, 4) is 78.1 Å². The van der Waals surface area contributed by atoms with Crippen molar-refractivity contribution in [1.82, 2.24) is 9.61 Å². The van der Waals surface area contributed by atoms with Crippen molar-refractivity contribution >= 4 is 16.3 Å². The molecule has 258 valence electrons. The van der Waals surface area contributed by atoms with E-state index >= 15 is 0 Å². The fourth-order valence-electron chi connectivity index (χ4n) is 7.96. The van der Waals surface area contributed by atoms with Gasteiger partial charge in [0.15, 0.2) is 0 Å². The van der Waals surface area contributed by atoms with Gasteiger partial charge in [-0.1, -0.05) is 182 Å². The predicted molar refractivity (Wildman–Crippen MR) is 231 cm³/mol. The summed E-state index contributed by atoms with van der Waals surface area (Å²) >= 11 is 0. The van der Waals surface area contributed by atoms with Crippen molar-refractivity contribution in [2.24, 2.45) is 0 Å². The molecule has 0 fully saturated rings. The quantitative estimate of drug-likeness (QED) is 0.162. The second kappa shape index (κ2) is 13.9. The molecule has 0 aliphatic heterocycles. The fraction of sp³-hybridized carbons (Fsp3) is 0. The molecule has 0 aliphatic rings. The third-order valence-electron chi connectivity index (χ3n) is 10.6. The molecule has 0 unspecified atom stereocenters. The average Bonchev–Trinajstić information content (AvgIpc) is 3.69. The predicted octanol–water partition coefficient (Wildman–Crippen LogP) is 14.2. The molecule has 0 bridgehead atoms. The van der Waals surface area contributed by atoms with Crippen LogP contribution in [-0.4, -0.2) is 9.61 Å². The van der Waals surface area contributed by atoms with Crippen LogP contribution in [0.3, 0.4) is 0 Å². The van der Waals surface area contributed by atoms with E-state index in [1.54, 1.807) is 0 Å². The summed E-state index contributed by atoms with van der Waals surface area (Å²) in [6.45, 7) is 0. The minimum Gasteiger partial charge on any atom is -0.231 e. The zero-order chi connectivity index (χ0) is 36.6. The number of hydrogen-bond acceptors (Lipinski definition) is 1. The van der Waals surface area contributed by atoms with Crippen molar-refractivity contribution in [2.45, 2.75) is 0 Å². The van der Waals surface area contributed by atoms with E-state index in [0.29, 0.717) is 0 Å². The maximum atomic E-state index is 5.65. The third-order valence-corrected chi connectivity index (χ3v) is 10.6. The molecule has 55 heavy (non-hydrogen) atoms. The molecule has 8 aromatic carbocycles. The highest BCUT2D eigenvalue weighted by molar-refractivity contribution is 6.12. The average molecular weight is 701 g/mol. The third kappa shape index (κ3) is 6.00. The highest BCUT2D eigenvalue weighted by Crippen LogP contribution is 2.45.